The molecule has 94 valence electrons. The number of anilines is 1. The minimum Gasteiger partial charge on any atom is -0.378 e. The van der Waals surface area contributed by atoms with E-state index >= 15 is 0 Å². The number of hydrogen-bond donors (Lipinski definition) is 1. The summed E-state index contributed by atoms with van der Waals surface area (Å²) in [5.74, 6) is 0.373. The lowest BCUT2D eigenvalue weighted by atomic mass is 10.2. The van der Waals surface area contributed by atoms with Crippen LogP contribution in [0.25, 0.3) is 11.4 Å². The molecule has 2 rings (SSSR count). The lowest BCUT2D eigenvalue weighted by Crippen LogP contribution is -2.18. The molecule has 2 N–H and O–H groups in total. The van der Waals surface area contributed by atoms with E-state index in [1.165, 1.54) is 0 Å². The van der Waals surface area contributed by atoms with Gasteiger partial charge in [0.25, 0.3) is 0 Å². The van der Waals surface area contributed by atoms with E-state index in [-0.39, 0.29) is 12.5 Å². The van der Waals surface area contributed by atoms with Gasteiger partial charge in [0, 0.05) is 37.7 Å². The molecule has 0 atom stereocenters. The largest absolute Gasteiger partial charge is 0.378 e. The minimum absolute atomic E-state index is 0.144. The molecule has 0 fully saturated rings. The van der Waals surface area contributed by atoms with Crippen molar-refractivity contribution in [3.63, 3.8) is 0 Å². The molecule has 1 heterocycles. The molecule has 0 spiro atoms. The summed E-state index contributed by atoms with van der Waals surface area (Å²) in [5, 5.41) is 0. The second-order valence-corrected chi connectivity index (χ2v) is 4.29. The first-order valence-electron chi connectivity index (χ1n) is 5.65. The van der Waals surface area contributed by atoms with Gasteiger partial charge in [0.2, 0.25) is 5.91 Å². The summed E-state index contributed by atoms with van der Waals surface area (Å²) in [5.41, 5.74) is 7.28. The summed E-state index contributed by atoms with van der Waals surface area (Å²) in [4.78, 5) is 17.2. The molecular formula is C13H16N4O. The average molecular weight is 244 g/mol. The van der Waals surface area contributed by atoms with Gasteiger partial charge in [-0.1, -0.05) is 0 Å². The van der Waals surface area contributed by atoms with Crippen molar-refractivity contribution in [2.24, 2.45) is 5.73 Å². The Hall–Kier alpha value is -2.30. The van der Waals surface area contributed by atoms with Gasteiger partial charge in [0.05, 0.1) is 0 Å². The van der Waals surface area contributed by atoms with Crippen LogP contribution < -0.4 is 10.6 Å². The van der Waals surface area contributed by atoms with Crippen molar-refractivity contribution in [3.8, 4) is 11.4 Å². The SMILES string of the molecule is CN(C)c1ccc(-c2nccn2CC(N)=O)cc1. The van der Waals surface area contributed by atoms with E-state index < -0.39 is 0 Å². The van der Waals surface area contributed by atoms with Gasteiger partial charge >= 0.3 is 0 Å². The quantitative estimate of drug-likeness (QED) is 0.876. The number of nitrogens with zero attached hydrogens (tertiary/aromatic N) is 3. The van der Waals surface area contributed by atoms with E-state index in [1.54, 1.807) is 17.0 Å². The highest BCUT2D eigenvalue weighted by Gasteiger charge is 2.07. The number of aromatic nitrogens is 2. The molecule has 2 aromatic rings. The Morgan fingerprint density at radius 2 is 2.00 bits per heavy atom. The normalized spacial score (nSPS) is 10.3. The fourth-order valence-electron chi connectivity index (χ4n) is 1.77. The Morgan fingerprint density at radius 1 is 1.33 bits per heavy atom. The zero-order valence-electron chi connectivity index (χ0n) is 10.5. The topological polar surface area (TPSA) is 64.2 Å². The maximum absolute atomic E-state index is 11.0. The molecule has 0 aliphatic carbocycles. The maximum Gasteiger partial charge on any atom is 0.237 e. The third-order valence-electron chi connectivity index (χ3n) is 2.68. The summed E-state index contributed by atoms with van der Waals surface area (Å²) in [6.07, 6.45) is 3.41. The van der Waals surface area contributed by atoms with Gasteiger partial charge in [-0.05, 0) is 24.3 Å². The highest BCUT2D eigenvalue weighted by atomic mass is 16.1. The molecule has 5 nitrogen and oxygen atoms in total. The lowest BCUT2D eigenvalue weighted by molar-refractivity contribution is -0.118. The summed E-state index contributed by atoms with van der Waals surface area (Å²) in [7, 11) is 3.98. The van der Waals surface area contributed by atoms with Crippen molar-refractivity contribution in [2.75, 3.05) is 19.0 Å². The lowest BCUT2D eigenvalue weighted by Gasteiger charge is -2.13. The molecular weight excluding hydrogens is 228 g/mol. The van der Waals surface area contributed by atoms with Crippen LogP contribution in [0.15, 0.2) is 36.7 Å². The molecule has 1 aromatic carbocycles. The highest BCUT2D eigenvalue weighted by molar-refractivity contribution is 5.74. The number of carbonyl (C=O) groups is 1. The zero-order valence-corrected chi connectivity index (χ0v) is 10.5. The molecule has 0 aliphatic heterocycles. The van der Waals surface area contributed by atoms with Gasteiger partial charge in [-0.25, -0.2) is 4.98 Å². The summed E-state index contributed by atoms with van der Waals surface area (Å²) >= 11 is 0. The fraction of sp³-hybridized carbons (Fsp3) is 0.231. The number of imidazole rings is 1. The van der Waals surface area contributed by atoms with Crippen LogP contribution in [0.3, 0.4) is 0 Å². The van der Waals surface area contributed by atoms with Gasteiger partial charge in [0.1, 0.15) is 12.4 Å². The summed E-state index contributed by atoms with van der Waals surface area (Å²) in [6.45, 7) is 0.144. The minimum atomic E-state index is -0.376. The van der Waals surface area contributed by atoms with Crippen LogP contribution in [-0.4, -0.2) is 29.6 Å². The zero-order chi connectivity index (χ0) is 13.1. The van der Waals surface area contributed by atoms with Gasteiger partial charge in [-0.3, -0.25) is 4.79 Å². The predicted octanol–water partition coefficient (Wildman–Crippen LogP) is 1.10. The number of primary amides is 1. The standard InChI is InChI=1S/C13H16N4O/c1-16(2)11-5-3-10(4-6-11)13-15-7-8-17(13)9-12(14)18/h3-8H,9H2,1-2H3,(H2,14,18). The van der Waals surface area contributed by atoms with Crippen LogP contribution >= 0.6 is 0 Å². The molecule has 0 bridgehead atoms. The molecule has 1 amide bonds. The third-order valence-corrected chi connectivity index (χ3v) is 2.68. The number of rotatable bonds is 4. The Balaban J connectivity index is 2.31. The van der Waals surface area contributed by atoms with Crippen LogP contribution in [0.4, 0.5) is 5.69 Å². The van der Waals surface area contributed by atoms with E-state index in [0.29, 0.717) is 0 Å². The van der Waals surface area contributed by atoms with Crippen LogP contribution in [0, 0.1) is 0 Å². The molecule has 0 unspecified atom stereocenters. The van der Waals surface area contributed by atoms with Gasteiger partial charge in [0.15, 0.2) is 0 Å². The Morgan fingerprint density at radius 3 is 2.56 bits per heavy atom. The third kappa shape index (κ3) is 2.51. The molecule has 0 radical (unpaired) electrons. The summed E-state index contributed by atoms with van der Waals surface area (Å²) < 4.78 is 1.74. The van der Waals surface area contributed by atoms with Crippen LogP contribution in [0.1, 0.15) is 0 Å². The Labute approximate surface area is 106 Å². The maximum atomic E-state index is 11.0. The molecule has 0 saturated carbocycles. The van der Waals surface area contributed by atoms with Crippen molar-refractivity contribution in [1.29, 1.82) is 0 Å². The van der Waals surface area contributed by atoms with Gasteiger partial charge < -0.3 is 15.2 Å². The first kappa shape index (κ1) is 12.2. The molecule has 5 heteroatoms. The van der Waals surface area contributed by atoms with Crippen LogP contribution in [0.5, 0.6) is 0 Å². The van der Waals surface area contributed by atoms with Crippen molar-refractivity contribution >= 4 is 11.6 Å². The number of nitrogens with two attached hydrogens (primary N) is 1. The number of carbonyl (C=O) groups excluding carboxylic acids is 1. The molecule has 0 aliphatic rings. The first-order valence-corrected chi connectivity index (χ1v) is 5.65. The summed E-state index contributed by atoms with van der Waals surface area (Å²) in [6, 6.07) is 7.99. The number of hydrogen-bond acceptors (Lipinski definition) is 3. The Bertz CT molecular complexity index is 542. The van der Waals surface area contributed by atoms with Crippen molar-refractivity contribution in [1.82, 2.24) is 9.55 Å². The van der Waals surface area contributed by atoms with Gasteiger partial charge in [-0.15, -0.1) is 0 Å². The Kier molecular flexibility index (Phi) is 3.32. The molecule has 1 aromatic heterocycles. The van der Waals surface area contributed by atoms with E-state index in [4.69, 9.17) is 5.73 Å². The van der Waals surface area contributed by atoms with Crippen molar-refractivity contribution < 1.29 is 4.79 Å². The van der Waals surface area contributed by atoms with Crippen molar-refractivity contribution in [2.45, 2.75) is 6.54 Å². The fourth-order valence-corrected chi connectivity index (χ4v) is 1.77. The highest BCUT2D eigenvalue weighted by Crippen LogP contribution is 2.20. The van der Waals surface area contributed by atoms with E-state index in [0.717, 1.165) is 17.1 Å². The predicted molar refractivity (Wildman–Crippen MR) is 71.2 cm³/mol. The average Bonchev–Trinajstić information content (AvgIpc) is 2.76. The van der Waals surface area contributed by atoms with E-state index in [2.05, 4.69) is 4.98 Å². The second-order valence-electron chi connectivity index (χ2n) is 4.29. The molecule has 0 saturated heterocycles. The van der Waals surface area contributed by atoms with Crippen molar-refractivity contribution in [3.05, 3.63) is 36.7 Å². The molecule has 18 heavy (non-hydrogen) atoms. The van der Waals surface area contributed by atoms with Crippen LogP contribution in [0.2, 0.25) is 0 Å². The second kappa shape index (κ2) is 4.91. The number of benzene rings is 1. The first-order chi connectivity index (χ1) is 8.58. The smallest absolute Gasteiger partial charge is 0.237 e. The van der Waals surface area contributed by atoms with Gasteiger partial charge in [-0.2, -0.15) is 0 Å². The van der Waals surface area contributed by atoms with E-state index in [9.17, 15) is 4.79 Å². The van der Waals surface area contributed by atoms with Crippen LogP contribution in [-0.2, 0) is 11.3 Å². The monoisotopic (exact) mass is 244 g/mol. The van der Waals surface area contributed by atoms with E-state index in [1.807, 2.05) is 43.3 Å². The number of amides is 1.